The van der Waals surface area contributed by atoms with Crippen molar-refractivity contribution in [2.45, 2.75) is 32.9 Å². The molecule has 2 saturated heterocycles. The van der Waals surface area contributed by atoms with Gasteiger partial charge in [0.15, 0.2) is 0 Å². The molecule has 1 aromatic rings. The summed E-state index contributed by atoms with van der Waals surface area (Å²) in [6.45, 7) is 8.26. The van der Waals surface area contributed by atoms with E-state index in [1.807, 2.05) is 4.90 Å². The summed E-state index contributed by atoms with van der Waals surface area (Å²) >= 11 is 0. The van der Waals surface area contributed by atoms with E-state index in [-0.39, 0.29) is 17.4 Å². The van der Waals surface area contributed by atoms with E-state index in [2.05, 4.69) is 53.3 Å². The smallest absolute Gasteiger partial charge is 0.238 e. The zero-order valence-corrected chi connectivity index (χ0v) is 13.9. The molecule has 2 unspecified atom stereocenters. The Kier molecular flexibility index (Phi) is 3.41. The standard InChI is InChI=1S/C18H24N4O/c1-13-5-3-4-6-14(13)11-22-15-7-8-19-12-18(15,2)16(23)21-10-9-20-17(21)22/h3-6,15,19H,7-12H2,1-2H3. The largest absolute Gasteiger partial charge is 0.334 e. The number of amides is 1. The maximum Gasteiger partial charge on any atom is 0.238 e. The molecule has 0 aromatic heterocycles. The number of guanidine groups is 1. The van der Waals surface area contributed by atoms with Crippen molar-refractivity contribution in [2.24, 2.45) is 10.4 Å². The first-order valence-corrected chi connectivity index (χ1v) is 8.49. The van der Waals surface area contributed by atoms with E-state index in [0.717, 1.165) is 45.1 Å². The van der Waals surface area contributed by atoms with E-state index < -0.39 is 0 Å². The van der Waals surface area contributed by atoms with Gasteiger partial charge < -0.3 is 10.2 Å². The number of rotatable bonds is 2. The van der Waals surface area contributed by atoms with Crippen LogP contribution < -0.4 is 5.32 Å². The second kappa shape index (κ2) is 5.34. The van der Waals surface area contributed by atoms with Crippen molar-refractivity contribution in [3.8, 4) is 0 Å². The number of carbonyl (C=O) groups is 1. The number of fused-ring (bicyclic) bond motifs is 2. The van der Waals surface area contributed by atoms with E-state index in [9.17, 15) is 4.79 Å². The van der Waals surface area contributed by atoms with Gasteiger partial charge in [-0.25, -0.2) is 0 Å². The Morgan fingerprint density at radius 1 is 1.39 bits per heavy atom. The van der Waals surface area contributed by atoms with Crippen LogP contribution in [0.25, 0.3) is 0 Å². The fourth-order valence-electron chi connectivity index (χ4n) is 4.21. The van der Waals surface area contributed by atoms with Gasteiger partial charge in [0.1, 0.15) is 0 Å². The highest BCUT2D eigenvalue weighted by Crippen LogP contribution is 2.39. The fourth-order valence-corrected chi connectivity index (χ4v) is 4.21. The van der Waals surface area contributed by atoms with Gasteiger partial charge in [0.05, 0.1) is 12.0 Å². The maximum atomic E-state index is 13.0. The van der Waals surface area contributed by atoms with Crippen LogP contribution in [0.1, 0.15) is 24.5 Å². The van der Waals surface area contributed by atoms with E-state index in [4.69, 9.17) is 0 Å². The van der Waals surface area contributed by atoms with Gasteiger partial charge in [-0.1, -0.05) is 24.3 Å². The summed E-state index contributed by atoms with van der Waals surface area (Å²) in [4.78, 5) is 22.0. The molecule has 5 nitrogen and oxygen atoms in total. The van der Waals surface area contributed by atoms with E-state index in [1.165, 1.54) is 11.1 Å². The summed E-state index contributed by atoms with van der Waals surface area (Å²) in [7, 11) is 0. The molecule has 23 heavy (non-hydrogen) atoms. The highest BCUT2D eigenvalue weighted by molar-refractivity contribution is 6.03. The van der Waals surface area contributed by atoms with Crippen LogP contribution in [0, 0.1) is 12.3 Å². The summed E-state index contributed by atoms with van der Waals surface area (Å²) < 4.78 is 0. The minimum Gasteiger partial charge on any atom is -0.334 e. The Morgan fingerprint density at radius 3 is 3.04 bits per heavy atom. The normalized spacial score (nSPS) is 30.1. The van der Waals surface area contributed by atoms with E-state index in [0.29, 0.717) is 0 Å². The lowest BCUT2D eigenvalue weighted by atomic mass is 9.74. The molecular formula is C18H24N4O. The minimum absolute atomic E-state index is 0.226. The SMILES string of the molecule is Cc1ccccc1CN1C2=NCCN2C(=O)C2(C)CNCCC12. The van der Waals surface area contributed by atoms with Crippen molar-refractivity contribution >= 4 is 11.9 Å². The van der Waals surface area contributed by atoms with Crippen molar-refractivity contribution in [1.29, 1.82) is 0 Å². The summed E-state index contributed by atoms with van der Waals surface area (Å²) in [5.74, 6) is 1.13. The monoisotopic (exact) mass is 312 g/mol. The third kappa shape index (κ3) is 2.17. The molecular weight excluding hydrogens is 288 g/mol. The Hall–Kier alpha value is -1.88. The van der Waals surface area contributed by atoms with Crippen LogP contribution in [0.5, 0.6) is 0 Å². The second-order valence-corrected chi connectivity index (χ2v) is 7.09. The Labute approximate surface area is 137 Å². The second-order valence-electron chi connectivity index (χ2n) is 7.09. The quantitative estimate of drug-likeness (QED) is 0.897. The average Bonchev–Trinajstić information content (AvgIpc) is 3.03. The molecule has 2 fully saturated rings. The molecule has 3 aliphatic heterocycles. The van der Waals surface area contributed by atoms with Gasteiger partial charge in [-0.15, -0.1) is 0 Å². The van der Waals surface area contributed by atoms with Crippen LogP contribution in [-0.4, -0.2) is 53.9 Å². The van der Waals surface area contributed by atoms with Crippen LogP contribution in [0.4, 0.5) is 0 Å². The third-order valence-corrected chi connectivity index (χ3v) is 5.61. The Morgan fingerprint density at radius 2 is 2.22 bits per heavy atom. The lowest BCUT2D eigenvalue weighted by molar-refractivity contribution is -0.146. The average molecular weight is 312 g/mol. The van der Waals surface area contributed by atoms with Crippen LogP contribution in [0.15, 0.2) is 29.3 Å². The van der Waals surface area contributed by atoms with Gasteiger partial charge in [-0.3, -0.25) is 14.7 Å². The number of hydrogen-bond acceptors (Lipinski definition) is 4. The maximum absolute atomic E-state index is 13.0. The van der Waals surface area contributed by atoms with Crippen LogP contribution >= 0.6 is 0 Å². The van der Waals surface area contributed by atoms with Crippen molar-refractivity contribution in [3.63, 3.8) is 0 Å². The van der Waals surface area contributed by atoms with Gasteiger partial charge in [0, 0.05) is 25.7 Å². The molecule has 3 aliphatic rings. The molecule has 2 atom stereocenters. The number of carbonyl (C=O) groups excluding carboxylic acids is 1. The van der Waals surface area contributed by atoms with Crippen LogP contribution in [0.2, 0.25) is 0 Å². The molecule has 1 amide bonds. The molecule has 0 radical (unpaired) electrons. The van der Waals surface area contributed by atoms with Crippen molar-refractivity contribution in [2.75, 3.05) is 26.2 Å². The lowest BCUT2D eigenvalue weighted by Gasteiger charge is -2.53. The summed E-state index contributed by atoms with van der Waals surface area (Å²) in [5, 5.41) is 3.42. The zero-order valence-electron chi connectivity index (χ0n) is 13.9. The first-order valence-electron chi connectivity index (χ1n) is 8.49. The van der Waals surface area contributed by atoms with Crippen molar-refractivity contribution < 1.29 is 4.79 Å². The molecule has 1 N–H and O–H groups in total. The number of benzene rings is 1. The van der Waals surface area contributed by atoms with Crippen LogP contribution in [0.3, 0.4) is 0 Å². The van der Waals surface area contributed by atoms with Gasteiger partial charge in [0.25, 0.3) is 0 Å². The molecule has 1 aromatic carbocycles. The molecule has 3 heterocycles. The highest BCUT2D eigenvalue weighted by Gasteiger charge is 2.54. The summed E-state index contributed by atoms with van der Waals surface area (Å²) in [6, 6.07) is 8.73. The molecule has 122 valence electrons. The van der Waals surface area contributed by atoms with Gasteiger partial charge in [-0.05, 0) is 37.9 Å². The fraction of sp³-hybridized carbons (Fsp3) is 0.556. The van der Waals surface area contributed by atoms with E-state index in [1.54, 1.807) is 0 Å². The van der Waals surface area contributed by atoms with Crippen molar-refractivity contribution in [1.82, 2.24) is 15.1 Å². The number of aliphatic imine (C=N–C) groups is 1. The van der Waals surface area contributed by atoms with Gasteiger partial charge >= 0.3 is 0 Å². The number of nitrogens with zero attached hydrogens (tertiary/aromatic N) is 3. The van der Waals surface area contributed by atoms with Gasteiger partial charge in [0.2, 0.25) is 11.9 Å². The molecule has 0 aliphatic carbocycles. The van der Waals surface area contributed by atoms with Gasteiger partial charge in [-0.2, -0.15) is 0 Å². The molecule has 5 heteroatoms. The summed E-state index contributed by atoms with van der Waals surface area (Å²) in [6.07, 6.45) is 0.987. The molecule has 0 bridgehead atoms. The Bertz CT molecular complexity index is 671. The highest BCUT2D eigenvalue weighted by atomic mass is 16.2. The number of piperidine rings is 1. The topological polar surface area (TPSA) is 47.9 Å². The zero-order chi connectivity index (χ0) is 16.0. The lowest BCUT2D eigenvalue weighted by Crippen LogP contribution is -2.69. The van der Waals surface area contributed by atoms with Crippen LogP contribution in [-0.2, 0) is 11.3 Å². The predicted molar refractivity (Wildman–Crippen MR) is 90.1 cm³/mol. The van der Waals surface area contributed by atoms with Crippen molar-refractivity contribution in [3.05, 3.63) is 35.4 Å². The third-order valence-electron chi connectivity index (χ3n) is 5.61. The minimum atomic E-state index is -0.357. The first-order chi connectivity index (χ1) is 11.1. The summed E-state index contributed by atoms with van der Waals surface area (Å²) in [5.41, 5.74) is 2.26. The number of aryl methyl sites for hydroxylation is 1. The van der Waals surface area contributed by atoms with E-state index >= 15 is 0 Å². The number of hydrogen-bond donors (Lipinski definition) is 1. The molecule has 0 spiro atoms. The Balaban J connectivity index is 1.73. The predicted octanol–water partition coefficient (Wildman–Crippen LogP) is 1.38. The molecule has 4 rings (SSSR count). The number of nitrogens with one attached hydrogen (secondary N) is 1. The molecule has 0 saturated carbocycles. The first kappa shape index (κ1) is 14.7.